The summed E-state index contributed by atoms with van der Waals surface area (Å²) in [4.78, 5) is 41.4. The van der Waals surface area contributed by atoms with Gasteiger partial charge in [0.2, 0.25) is 0 Å². The zero-order chi connectivity index (χ0) is 18.4. The van der Waals surface area contributed by atoms with Gasteiger partial charge in [-0.25, -0.2) is 9.59 Å². The summed E-state index contributed by atoms with van der Waals surface area (Å²) in [5.41, 5.74) is 0.316. The first kappa shape index (κ1) is 16.0. The normalized spacial score (nSPS) is 17.9. The van der Waals surface area contributed by atoms with Gasteiger partial charge >= 0.3 is 11.7 Å². The number of ether oxygens (including phenoxy) is 3. The van der Waals surface area contributed by atoms with Gasteiger partial charge in [0, 0.05) is 5.56 Å². The quantitative estimate of drug-likeness (QED) is 0.682. The fourth-order valence-corrected chi connectivity index (χ4v) is 3.43. The number of carbonyl (C=O) groups is 1. The Morgan fingerprint density at radius 2 is 1.92 bits per heavy atom. The van der Waals surface area contributed by atoms with E-state index >= 15 is 0 Å². The SMILES string of the molecule is COc1cccc(C2C3=C(COC3=O)Nc3[nH]c(=O)[nH]c(=O)c32)c1OC. The van der Waals surface area contributed by atoms with Gasteiger partial charge in [-0.2, -0.15) is 0 Å². The van der Waals surface area contributed by atoms with Crippen LogP contribution in [0.3, 0.4) is 0 Å². The van der Waals surface area contributed by atoms with Crippen LogP contribution in [0.25, 0.3) is 0 Å². The van der Waals surface area contributed by atoms with Gasteiger partial charge in [-0.1, -0.05) is 12.1 Å². The fraction of sp³-hybridized carbons (Fsp3) is 0.235. The van der Waals surface area contributed by atoms with Crippen LogP contribution in [0, 0.1) is 0 Å². The molecule has 0 saturated heterocycles. The molecule has 2 aliphatic rings. The fourth-order valence-electron chi connectivity index (χ4n) is 3.43. The maximum atomic E-state index is 12.6. The molecule has 3 N–H and O–H groups in total. The van der Waals surface area contributed by atoms with Gasteiger partial charge in [-0.05, 0) is 6.07 Å². The van der Waals surface area contributed by atoms with Crippen LogP contribution in [0.15, 0.2) is 39.1 Å². The molecule has 0 fully saturated rings. The van der Waals surface area contributed by atoms with E-state index in [-0.39, 0.29) is 18.0 Å². The lowest BCUT2D eigenvalue weighted by Gasteiger charge is -2.27. The molecule has 26 heavy (non-hydrogen) atoms. The van der Waals surface area contributed by atoms with Gasteiger partial charge in [0.25, 0.3) is 5.56 Å². The number of carbonyl (C=O) groups excluding carboxylic acids is 1. The van der Waals surface area contributed by atoms with Gasteiger partial charge in [0.1, 0.15) is 12.4 Å². The van der Waals surface area contributed by atoms with Crippen molar-refractivity contribution in [3.05, 3.63) is 61.4 Å². The van der Waals surface area contributed by atoms with E-state index in [0.29, 0.717) is 28.3 Å². The molecule has 2 aliphatic heterocycles. The van der Waals surface area contributed by atoms with E-state index < -0.39 is 23.1 Å². The second kappa shape index (κ2) is 5.80. The molecule has 134 valence electrons. The standard InChI is InChI=1S/C17H15N3O6/c1-24-9-5-3-4-7(13(9)25-2)10-11-8(6-26-16(11)22)18-14-12(10)15(21)20-17(23)19-14/h3-5,10H,6H2,1-2H3,(H3,18,19,20,21,23). The summed E-state index contributed by atoms with van der Waals surface area (Å²) in [5.74, 6) is -0.226. The molecule has 0 saturated carbocycles. The predicted octanol–water partition coefficient (Wildman–Crippen LogP) is 0.449. The Morgan fingerprint density at radius 3 is 2.65 bits per heavy atom. The van der Waals surface area contributed by atoms with Crippen molar-refractivity contribution < 1.29 is 19.0 Å². The second-order valence-electron chi connectivity index (χ2n) is 5.81. The Balaban J connectivity index is 2.05. The van der Waals surface area contributed by atoms with E-state index in [2.05, 4.69) is 15.3 Å². The Bertz CT molecular complexity index is 1060. The van der Waals surface area contributed by atoms with Crippen LogP contribution < -0.4 is 26.0 Å². The summed E-state index contributed by atoms with van der Waals surface area (Å²) in [6.07, 6.45) is 0. The van der Waals surface area contributed by atoms with Gasteiger partial charge in [-0.3, -0.25) is 14.8 Å². The van der Waals surface area contributed by atoms with Gasteiger partial charge in [-0.15, -0.1) is 0 Å². The van der Waals surface area contributed by atoms with Gasteiger partial charge in [0.05, 0.1) is 37.0 Å². The number of benzene rings is 1. The van der Waals surface area contributed by atoms with E-state index in [1.807, 2.05) is 0 Å². The molecule has 3 heterocycles. The monoisotopic (exact) mass is 357 g/mol. The van der Waals surface area contributed by atoms with E-state index in [1.54, 1.807) is 18.2 Å². The molecule has 1 aromatic carbocycles. The number of methoxy groups -OCH3 is 2. The molecule has 0 amide bonds. The molecule has 2 aromatic rings. The van der Waals surface area contributed by atoms with E-state index in [0.717, 1.165) is 0 Å². The first-order chi connectivity index (χ1) is 12.5. The number of H-pyrrole nitrogens is 2. The number of hydrogen-bond donors (Lipinski definition) is 3. The number of aromatic nitrogens is 2. The minimum Gasteiger partial charge on any atom is -0.493 e. The van der Waals surface area contributed by atoms with Crippen LogP contribution >= 0.6 is 0 Å². The maximum absolute atomic E-state index is 12.6. The Morgan fingerprint density at radius 1 is 1.12 bits per heavy atom. The van der Waals surface area contributed by atoms with Crippen molar-refractivity contribution in [2.75, 3.05) is 26.1 Å². The molecule has 0 spiro atoms. The van der Waals surface area contributed by atoms with Crippen LogP contribution in [-0.4, -0.2) is 36.8 Å². The van der Waals surface area contributed by atoms with Crippen molar-refractivity contribution in [3.63, 3.8) is 0 Å². The highest BCUT2D eigenvalue weighted by atomic mass is 16.5. The molecule has 0 aliphatic carbocycles. The number of fused-ring (bicyclic) bond motifs is 1. The molecule has 0 radical (unpaired) electrons. The Labute approximate surface area is 146 Å². The molecule has 1 unspecified atom stereocenters. The summed E-state index contributed by atoms with van der Waals surface area (Å²) in [5, 5.41) is 2.92. The second-order valence-corrected chi connectivity index (χ2v) is 5.81. The first-order valence-corrected chi connectivity index (χ1v) is 7.79. The molecule has 9 nitrogen and oxygen atoms in total. The number of nitrogens with one attached hydrogen (secondary N) is 3. The zero-order valence-corrected chi connectivity index (χ0v) is 14.0. The van der Waals surface area contributed by atoms with Gasteiger partial charge < -0.3 is 19.5 Å². The van der Waals surface area contributed by atoms with Crippen molar-refractivity contribution in [2.45, 2.75) is 5.92 Å². The number of anilines is 1. The van der Waals surface area contributed by atoms with Crippen LogP contribution in [0.4, 0.5) is 5.82 Å². The molecule has 1 aromatic heterocycles. The number of hydrogen-bond acceptors (Lipinski definition) is 7. The Hall–Kier alpha value is -3.49. The van der Waals surface area contributed by atoms with Gasteiger partial charge in [0.15, 0.2) is 11.5 Å². The van der Waals surface area contributed by atoms with Crippen LogP contribution in [0.2, 0.25) is 0 Å². The summed E-state index contributed by atoms with van der Waals surface area (Å²) < 4.78 is 15.9. The van der Waals surface area contributed by atoms with Crippen molar-refractivity contribution in [2.24, 2.45) is 0 Å². The highest BCUT2D eigenvalue weighted by Crippen LogP contribution is 2.46. The predicted molar refractivity (Wildman–Crippen MR) is 90.7 cm³/mol. The smallest absolute Gasteiger partial charge is 0.337 e. The third kappa shape index (κ3) is 2.20. The number of rotatable bonds is 3. The van der Waals surface area contributed by atoms with Crippen LogP contribution in [0.5, 0.6) is 11.5 Å². The van der Waals surface area contributed by atoms with Crippen LogP contribution in [-0.2, 0) is 9.53 Å². The average Bonchev–Trinajstić information content (AvgIpc) is 2.99. The third-order valence-electron chi connectivity index (χ3n) is 4.47. The molecule has 0 bridgehead atoms. The van der Waals surface area contributed by atoms with Crippen LogP contribution in [0.1, 0.15) is 17.0 Å². The number of cyclic esters (lactones) is 1. The summed E-state index contributed by atoms with van der Waals surface area (Å²) >= 11 is 0. The van der Waals surface area contributed by atoms with Crippen molar-refractivity contribution >= 4 is 11.8 Å². The average molecular weight is 357 g/mol. The minimum atomic E-state index is -0.776. The lowest BCUT2D eigenvalue weighted by Crippen LogP contribution is -2.33. The van der Waals surface area contributed by atoms with Crippen molar-refractivity contribution in [1.82, 2.24) is 9.97 Å². The van der Waals surface area contributed by atoms with E-state index in [4.69, 9.17) is 14.2 Å². The Kier molecular flexibility index (Phi) is 3.57. The molecule has 9 heteroatoms. The van der Waals surface area contributed by atoms with Crippen molar-refractivity contribution in [1.29, 1.82) is 0 Å². The van der Waals surface area contributed by atoms with E-state index in [9.17, 15) is 14.4 Å². The largest absolute Gasteiger partial charge is 0.493 e. The third-order valence-corrected chi connectivity index (χ3v) is 4.47. The maximum Gasteiger partial charge on any atom is 0.337 e. The van der Waals surface area contributed by atoms with E-state index in [1.165, 1.54) is 14.2 Å². The molecule has 1 atom stereocenters. The highest BCUT2D eigenvalue weighted by Gasteiger charge is 2.42. The molecule has 4 rings (SSSR count). The highest BCUT2D eigenvalue weighted by molar-refractivity contribution is 5.97. The topological polar surface area (TPSA) is 123 Å². The zero-order valence-electron chi connectivity index (χ0n) is 14.0. The molecular weight excluding hydrogens is 342 g/mol. The number of esters is 1. The summed E-state index contributed by atoms with van der Waals surface area (Å²) in [6, 6.07) is 5.18. The van der Waals surface area contributed by atoms with Crippen molar-refractivity contribution in [3.8, 4) is 11.5 Å². The first-order valence-electron chi connectivity index (χ1n) is 7.79. The summed E-state index contributed by atoms with van der Waals surface area (Å²) in [6.45, 7) is 0.0330. The number of aromatic amines is 2. The lowest BCUT2D eigenvalue weighted by atomic mass is 9.82. The summed E-state index contributed by atoms with van der Waals surface area (Å²) in [7, 11) is 2.97. The molecular formula is C17H15N3O6. The lowest BCUT2D eigenvalue weighted by molar-refractivity contribution is -0.136. The number of para-hydroxylation sites is 1. The minimum absolute atomic E-state index is 0.0330.